The van der Waals surface area contributed by atoms with Crippen LogP contribution in [-0.2, 0) is 11.3 Å². The van der Waals surface area contributed by atoms with Crippen molar-refractivity contribution in [2.45, 2.75) is 6.54 Å². The van der Waals surface area contributed by atoms with Gasteiger partial charge in [0.15, 0.2) is 16.6 Å². The Labute approximate surface area is 151 Å². The summed E-state index contributed by atoms with van der Waals surface area (Å²) < 4.78 is 16.8. The summed E-state index contributed by atoms with van der Waals surface area (Å²) in [5.41, 5.74) is 1.20. The van der Waals surface area contributed by atoms with E-state index >= 15 is 0 Å². The fourth-order valence-corrected chi connectivity index (χ4v) is 3.34. The molecule has 3 heterocycles. The average Bonchev–Trinajstić information content (AvgIpc) is 3.26. The molecule has 6 nitrogen and oxygen atoms in total. The van der Waals surface area contributed by atoms with Gasteiger partial charge < -0.3 is 19.2 Å². The largest absolute Gasteiger partial charge is 0.467 e. The maximum Gasteiger partial charge on any atom is 0.276 e. The van der Waals surface area contributed by atoms with Gasteiger partial charge in [-0.2, -0.15) is 0 Å². The maximum atomic E-state index is 12.6. The molecule has 0 spiro atoms. The predicted molar refractivity (Wildman–Crippen MR) is 93.2 cm³/mol. The molecule has 2 aliphatic rings. The zero-order valence-electron chi connectivity index (χ0n) is 12.2. The Morgan fingerprint density at radius 3 is 3.04 bits per heavy atom. The number of hydrogen-bond acceptors (Lipinski definition) is 5. The van der Waals surface area contributed by atoms with Gasteiger partial charge in [-0.1, -0.05) is 0 Å². The monoisotopic (exact) mass is 406 g/mol. The number of carbonyl (C=O) groups excluding carboxylic acids is 1. The van der Waals surface area contributed by atoms with Gasteiger partial charge in [0.1, 0.15) is 11.5 Å². The smallest absolute Gasteiger partial charge is 0.276 e. The molecule has 0 unspecified atom stereocenters. The Morgan fingerprint density at radius 2 is 2.25 bits per heavy atom. The van der Waals surface area contributed by atoms with Gasteiger partial charge in [-0.3, -0.25) is 9.69 Å². The molecule has 0 radical (unpaired) electrons. The molecule has 0 atom stereocenters. The molecule has 4 rings (SSSR count). The zero-order valence-corrected chi connectivity index (χ0v) is 14.6. The predicted octanol–water partition coefficient (Wildman–Crippen LogP) is 3.03. The van der Waals surface area contributed by atoms with Crippen molar-refractivity contribution in [3.05, 3.63) is 52.0 Å². The lowest BCUT2D eigenvalue weighted by atomic mass is 10.1. The minimum absolute atomic E-state index is 0.187. The summed E-state index contributed by atoms with van der Waals surface area (Å²) in [7, 11) is 0. The van der Waals surface area contributed by atoms with E-state index in [4.69, 9.17) is 26.1 Å². The first kappa shape index (κ1) is 15.2. The summed E-state index contributed by atoms with van der Waals surface area (Å²) in [5.74, 6) is 1.76. The van der Waals surface area contributed by atoms with Crippen molar-refractivity contribution in [1.29, 1.82) is 0 Å². The Hall–Kier alpha value is -2.32. The van der Waals surface area contributed by atoms with Crippen LogP contribution in [0.5, 0.6) is 11.5 Å². The number of thiocarbonyl (C=S) groups is 1. The maximum absolute atomic E-state index is 12.6. The van der Waals surface area contributed by atoms with Crippen LogP contribution < -0.4 is 14.8 Å². The van der Waals surface area contributed by atoms with Crippen molar-refractivity contribution < 1.29 is 18.7 Å². The molecule has 1 N–H and O–H groups in total. The third-order valence-corrected chi connectivity index (χ3v) is 4.53. The summed E-state index contributed by atoms with van der Waals surface area (Å²) in [5, 5.41) is 3.29. The molecular formula is C16H11BrN2O4S. The first-order valence-corrected chi connectivity index (χ1v) is 8.28. The molecule has 2 aromatic rings. The average molecular weight is 407 g/mol. The van der Waals surface area contributed by atoms with Gasteiger partial charge in [-0.15, -0.1) is 0 Å². The molecule has 8 heteroatoms. The van der Waals surface area contributed by atoms with E-state index in [0.717, 1.165) is 10.0 Å². The lowest BCUT2D eigenvalue weighted by Crippen LogP contribution is -2.29. The van der Waals surface area contributed by atoms with Crippen LogP contribution in [0.15, 0.2) is 45.1 Å². The Balaban J connectivity index is 1.61. The third kappa shape index (κ3) is 2.67. The highest BCUT2D eigenvalue weighted by atomic mass is 79.9. The first-order chi connectivity index (χ1) is 11.6. The molecule has 1 aromatic carbocycles. The van der Waals surface area contributed by atoms with Gasteiger partial charge in [-0.25, -0.2) is 0 Å². The first-order valence-electron chi connectivity index (χ1n) is 7.08. The molecule has 0 aliphatic carbocycles. The number of hydrogen-bond donors (Lipinski definition) is 1. The van der Waals surface area contributed by atoms with Crippen LogP contribution in [0.2, 0.25) is 0 Å². The molecule has 1 saturated heterocycles. The lowest BCUT2D eigenvalue weighted by Gasteiger charge is -2.11. The number of furan rings is 1. The van der Waals surface area contributed by atoms with E-state index in [1.165, 1.54) is 4.90 Å². The number of ether oxygens (including phenoxy) is 2. The number of halogens is 1. The van der Waals surface area contributed by atoms with Crippen molar-refractivity contribution in [3.8, 4) is 11.5 Å². The molecule has 1 fully saturated rings. The summed E-state index contributed by atoms with van der Waals surface area (Å²) in [6, 6.07) is 7.24. The van der Waals surface area contributed by atoms with E-state index in [-0.39, 0.29) is 12.7 Å². The van der Waals surface area contributed by atoms with Crippen LogP contribution in [-0.4, -0.2) is 22.7 Å². The number of amides is 1. The fraction of sp³-hybridized carbons (Fsp3) is 0.125. The minimum atomic E-state index is -0.204. The number of benzene rings is 1. The van der Waals surface area contributed by atoms with Crippen LogP contribution in [0.3, 0.4) is 0 Å². The Kier molecular flexibility index (Phi) is 3.78. The summed E-state index contributed by atoms with van der Waals surface area (Å²) in [6.45, 7) is 0.478. The van der Waals surface area contributed by atoms with Gasteiger partial charge in [0.05, 0.1) is 17.3 Å². The highest BCUT2D eigenvalue weighted by Gasteiger charge is 2.31. The van der Waals surface area contributed by atoms with Gasteiger partial charge >= 0.3 is 0 Å². The molecule has 24 heavy (non-hydrogen) atoms. The van der Waals surface area contributed by atoms with Gasteiger partial charge in [0, 0.05) is 0 Å². The lowest BCUT2D eigenvalue weighted by molar-refractivity contribution is -0.122. The van der Waals surface area contributed by atoms with E-state index in [1.807, 2.05) is 12.1 Å². The van der Waals surface area contributed by atoms with Gasteiger partial charge in [0.2, 0.25) is 6.79 Å². The van der Waals surface area contributed by atoms with Gasteiger partial charge in [0.25, 0.3) is 5.91 Å². The van der Waals surface area contributed by atoms with Crippen LogP contribution in [0.1, 0.15) is 11.3 Å². The van der Waals surface area contributed by atoms with Crippen LogP contribution in [0, 0.1) is 0 Å². The molecular weight excluding hydrogens is 396 g/mol. The quantitative estimate of drug-likeness (QED) is 0.624. The number of rotatable bonds is 3. The Bertz CT molecular complexity index is 863. The van der Waals surface area contributed by atoms with Crippen molar-refractivity contribution in [3.63, 3.8) is 0 Å². The molecule has 1 amide bonds. The summed E-state index contributed by atoms with van der Waals surface area (Å²) in [6.07, 6.45) is 3.29. The van der Waals surface area contributed by atoms with E-state index in [1.54, 1.807) is 24.5 Å². The van der Waals surface area contributed by atoms with Gasteiger partial charge in [-0.05, 0) is 64.1 Å². The summed E-state index contributed by atoms with van der Waals surface area (Å²) in [4.78, 5) is 14.0. The Morgan fingerprint density at radius 1 is 1.38 bits per heavy atom. The van der Waals surface area contributed by atoms with E-state index in [9.17, 15) is 4.79 Å². The minimum Gasteiger partial charge on any atom is -0.467 e. The number of carbonyl (C=O) groups is 1. The highest BCUT2D eigenvalue weighted by Crippen LogP contribution is 2.40. The standard InChI is InChI=1S/C16H11BrN2O4S/c17-11-4-9(6-13-14(11)23-8-22-13)5-12-15(20)19(16(24)18-12)7-10-2-1-3-21-10/h1-6H,7-8H2,(H,18,24)/b12-5+. The molecule has 2 aliphatic heterocycles. The number of fused-ring (bicyclic) bond motifs is 1. The van der Waals surface area contributed by atoms with E-state index in [2.05, 4.69) is 21.2 Å². The third-order valence-electron chi connectivity index (χ3n) is 3.62. The second-order valence-corrected chi connectivity index (χ2v) is 6.44. The highest BCUT2D eigenvalue weighted by molar-refractivity contribution is 9.10. The summed E-state index contributed by atoms with van der Waals surface area (Å²) >= 11 is 8.68. The molecule has 122 valence electrons. The topological polar surface area (TPSA) is 63.9 Å². The zero-order chi connectivity index (χ0) is 16.7. The molecule has 0 bridgehead atoms. The van der Waals surface area contributed by atoms with Crippen molar-refractivity contribution >= 4 is 45.2 Å². The second-order valence-electron chi connectivity index (χ2n) is 5.20. The van der Waals surface area contributed by atoms with Crippen LogP contribution >= 0.6 is 28.1 Å². The van der Waals surface area contributed by atoms with Crippen molar-refractivity contribution in [1.82, 2.24) is 10.2 Å². The van der Waals surface area contributed by atoms with Crippen LogP contribution in [0.25, 0.3) is 6.08 Å². The van der Waals surface area contributed by atoms with Crippen molar-refractivity contribution in [2.24, 2.45) is 0 Å². The van der Waals surface area contributed by atoms with E-state index in [0.29, 0.717) is 34.6 Å². The SMILES string of the molecule is O=C1/C(=C\c2cc(Br)c3c(c2)OCO3)NC(=S)N1Cc1ccco1. The van der Waals surface area contributed by atoms with Crippen LogP contribution in [0.4, 0.5) is 0 Å². The molecule has 0 saturated carbocycles. The second kappa shape index (κ2) is 5.95. The number of nitrogens with one attached hydrogen (secondary N) is 1. The fourth-order valence-electron chi connectivity index (χ4n) is 2.51. The van der Waals surface area contributed by atoms with Crippen molar-refractivity contribution in [2.75, 3.05) is 6.79 Å². The molecule has 1 aromatic heterocycles. The normalized spacial score (nSPS) is 17.7. The van der Waals surface area contributed by atoms with E-state index < -0.39 is 0 Å². The number of nitrogens with zero attached hydrogens (tertiary/aromatic N) is 1.